The molecule has 0 atom stereocenters. The number of hydrogen-bond donors (Lipinski definition) is 0. The minimum Gasteiger partial charge on any atom is -0.497 e. The molecule has 22 heavy (non-hydrogen) atoms. The van der Waals surface area contributed by atoms with Crippen molar-refractivity contribution in [1.82, 2.24) is 9.78 Å². The van der Waals surface area contributed by atoms with E-state index >= 15 is 0 Å². The monoisotopic (exact) mass is 324 g/mol. The molecule has 2 rings (SSSR count). The van der Waals surface area contributed by atoms with E-state index in [0.717, 1.165) is 4.68 Å². The summed E-state index contributed by atoms with van der Waals surface area (Å²) in [4.78, 5) is 22.7. The van der Waals surface area contributed by atoms with Gasteiger partial charge in [-0.2, -0.15) is 9.78 Å². The van der Waals surface area contributed by atoms with Crippen LogP contribution in [0.4, 0.5) is 0 Å². The number of esters is 1. The van der Waals surface area contributed by atoms with Gasteiger partial charge in [-0.25, -0.2) is 0 Å². The molecular formula is C14H13ClN2O5. The molecule has 0 bridgehead atoms. The summed E-state index contributed by atoms with van der Waals surface area (Å²) in [7, 11) is 1.55. The Balaban J connectivity index is 2.19. The highest BCUT2D eigenvalue weighted by molar-refractivity contribution is 6.31. The first-order valence-corrected chi connectivity index (χ1v) is 6.60. The topological polar surface area (TPSA) is 79.7 Å². The second kappa shape index (κ2) is 6.95. The van der Waals surface area contributed by atoms with Crippen LogP contribution in [-0.4, -0.2) is 22.9 Å². The number of methoxy groups -OCH3 is 1. The predicted octanol–water partition coefficient (Wildman–Crippen LogP) is 2.22. The van der Waals surface area contributed by atoms with Gasteiger partial charge in [-0.05, 0) is 24.3 Å². The molecule has 2 aromatic rings. The molecule has 0 aliphatic rings. The number of rotatable bonds is 5. The third-order valence-corrected chi connectivity index (χ3v) is 2.98. The van der Waals surface area contributed by atoms with Gasteiger partial charge in [0.05, 0.1) is 13.3 Å². The first-order chi connectivity index (χ1) is 10.5. The fourth-order valence-corrected chi connectivity index (χ4v) is 1.72. The maximum Gasteiger partial charge on any atom is 0.304 e. The van der Waals surface area contributed by atoms with Gasteiger partial charge in [-0.3, -0.25) is 9.59 Å². The molecule has 1 heterocycles. The minimum atomic E-state index is -0.617. The van der Waals surface area contributed by atoms with Crippen LogP contribution in [0.3, 0.4) is 0 Å². The summed E-state index contributed by atoms with van der Waals surface area (Å²) in [5, 5.41) is 3.68. The molecule has 0 N–H and O–H groups in total. The van der Waals surface area contributed by atoms with Crippen molar-refractivity contribution in [2.24, 2.45) is 0 Å². The van der Waals surface area contributed by atoms with E-state index in [1.165, 1.54) is 13.1 Å². The number of ether oxygens (including phenoxy) is 3. The average Bonchev–Trinajstić information content (AvgIpc) is 2.51. The summed E-state index contributed by atoms with van der Waals surface area (Å²) in [5.41, 5.74) is -0.617. The number of hydrogen-bond acceptors (Lipinski definition) is 6. The molecule has 0 unspecified atom stereocenters. The Bertz CT molecular complexity index is 727. The molecule has 0 amide bonds. The summed E-state index contributed by atoms with van der Waals surface area (Å²) in [6, 6.07) is 6.75. The maximum atomic E-state index is 12.0. The van der Waals surface area contributed by atoms with Gasteiger partial charge in [0, 0.05) is 6.92 Å². The Kier molecular flexibility index (Phi) is 5.00. The van der Waals surface area contributed by atoms with E-state index in [1.54, 1.807) is 31.4 Å². The highest BCUT2D eigenvalue weighted by atomic mass is 35.5. The van der Waals surface area contributed by atoms with Crippen LogP contribution in [-0.2, 0) is 16.3 Å². The molecule has 8 heteroatoms. The van der Waals surface area contributed by atoms with Crippen molar-refractivity contribution in [2.75, 3.05) is 7.11 Å². The van der Waals surface area contributed by atoms with Crippen molar-refractivity contribution in [3.63, 3.8) is 0 Å². The number of aromatic nitrogens is 2. The van der Waals surface area contributed by atoms with E-state index in [-0.39, 0.29) is 17.5 Å². The van der Waals surface area contributed by atoms with E-state index < -0.39 is 11.5 Å². The standard InChI is InChI=1S/C14H13ClN2O5/c1-9(18)21-8-17-14(19)13(15)12(7-16-17)22-11-5-3-10(20-2)4-6-11/h3-7H,8H2,1-2H3. The van der Waals surface area contributed by atoms with E-state index in [2.05, 4.69) is 5.10 Å². The lowest BCUT2D eigenvalue weighted by atomic mass is 10.3. The molecule has 0 radical (unpaired) electrons. The fourth-order valence-electron chi connectivity index (χ4n) is 1.54. The zero-order chi connectivity index (χ0) is 16.1. The third kappa shape index (κ3) is 3.76. The molecule has 0 saturated heterocycles. The van der Waals surface area contributed by atoms with Gasteiger partial charge < -0.3 is 14.2 Å². The Labute approximate surface area is 131 Å². The van der Waals surface area contributed by atoms with Crippen LogP contribution in [0.1, 0.15) is 6.92 Å². The number of carbonyl (C=O) groups is 1. The fraction of sp³-hybridized carbons (Fsp3) is 0.214. The van der Waals surface area contributed by atoms with Crippen molar-refractivity contribution in [3.05, 3.63) is 45.8 Å². The predicted molar refractivity (Wildman–Crippen MR) is 78.3 cm³/mol. The number of benzene rings is 1. The van der Waals surface area contributed by atoms with Gasteiger partial charge in [0.2, 0.25) is 0 Å². The summed E-state index contributed by atoms with van der Waals surface area (Å²) >= 11 is 5.96. The lowest BCUT2D eigenvalue weighted by molar-refractivity contribution is -0.145. The van der Waals surface area contributed by atoms with Crippen LogP contribution in [0.5, 0.6) is 17.2 Å². The van der Waals surface area contributed by atoms with Crippen LogP contribution >= 0.6 is 11.6 Å². The van der Waals surface area contributed by atoms with E-state index in [0.29, 0.717) is 11.5 Å². The van der Waals surface area contributed by atoms with Crippen molar-refractivity contribution in [2.45, 2.75) is 13.7 Å². The average molecular weight is 325 g/mol. The van der Waals surface area contributed by atoms with Crippen molar-refractivity contribution >= 4 is 17.6 Å². The highest BCUT2D eigenvalue weighted by Gasteiger charge is 2.12. The van der Waals surface area contributed by atoms with E-state index in [9.17, 15) is 9.59 Å². The summed E-state index contributed by atoms with van der Waals surface area (Å²) in [6.07, 6.45) is 1.28. The third-order valence-electron chi connectivity index (χ3n) is 2.63. The smallest absolute Gasteiger partial charge is 0.304 e. The second-order valence-corrected chi connectivity index (χ2v) is 4.55. The molecule has 0 aliphatic heterocycles. The van der Waals surface area contributed by atoms with Crippen LogP contribution in [0.25, 0.3) is 0 Å². The highest BCUT2D eigenvalue weighted by Crippen LogP contribution is 2.27. The number of halogens is 1. The molecule has 0 aliphatic carbocycles. The first kappa shape index (κ1) is 15.8. The van der Waals surface area contributed by atoms with Gasteiger partial charge in [-0.1, -0.05) is 11.6 Å². The van der Waals surface area contributed by atoms with E-state index in [4.69, 9.17) is 25.8 Å². The molecule has 1 aromatic carbocycles. The SMILES string of the molecule is COc1ccc(Oc2cnn(COC(C)=O)c(=O)c2Cl)cc1. The molecule has 0 spiro atoms. The summed E-state index contributed by atoms with van der Waals surface area (Å²) in [5.74, 6) is 0.731. The Morgan fingerprint density at radius 1 is 1.27 bits per heavy atom. The van der Waals surface area contributed by atoms with E-state index in [1.807, 2.05) is 0 Å². The van der Waals surface area contributed by atoms with Gasteiger partial charge in [0.25, 0.3) is 5.56 Å². The zero-order valence-corrected chi connectivity index (χ0v) is 12.7. The molecule has 0 saturated carbocycles. The van der Waals surface area contributed by atoms with Crippen LogP contribution < -0.4 is 15.0 Å². The van der Waals surface area contributed by atoms with Crippen LogP contribution in [0.2, 0.25) is 5.02 Å². The van der Waals surface area contributed by atoms with Crippen molar-refractivity contribution in [3.8, 4) is 17.2 Å². The van der Waals surface area contributed by atoms with Gasteiger partial charge in [0.1, 0.15) is 11.5 Å². The maximum absolute atomic E-state index is 12.0. The lowest BCUT2D eigenvalue weighted by Gasteiger charge is -2.10. The van der Waals surface area contributed by atoms with Crippen molar-refractivity contribution < 1.29 is 19.0 Å². The number of nitrogens with zero attached hydrogens (tertiary/aromatic N) is 2. The minimum absolute atomic E-state index is 0.107. The Hall–Kier alpha value is -2.54. The van der Waals surface area contributed by atoms with Crippen LogP contribution in [0, 0.1) is 0 Å². The zero-order valence-electron chi connectivity index (χ0n) is 11.9. The lowest BCUT2D eigenvalue weighted by Crippen LogP contribution is -2.25. The van der Waals surface area contributed by atoms with Gasteiger partial charge in [-0.15, -0.1) is 0 Å². The molecule has 1 aromatic heterocycles. The Morgan fingerprint density at radius 2 is 1.91 bits per heavy atom. The molecule has 7 nitrogen and oxygen atoms in total. The largest absolute Gasteiger partial charge is 0.497 e. The number of carbonyl (C=O) groups excluding carboxylic acids is 1. The molecule has 0 fully saturated rings. The Morgan fingerprint density at radius 3 is 2.50 bits per heavy atom. The van der Waals surface area contributed by atoms with Gasteiger partial charge >= 0.3 is 5.97 Å². The molecular weight excluding hydrogens is 312 g/mol. The molecule has 116 valence electrons. The first-order valence-electron chi connectivity index (χ1n) is 6.22. The van der Waals surface area contributed by atoms with Crippen molar-refractivity contribution in [1.29, 1.82) is 0 Å². The summed E-state index contributed by atoms with van der Waals surface area (Å²) in [6.45, 7) is 0.921. The quantitative estimate of drug-likeness (QED) is 0.785. The van der Waals surface area contributed by atoms with Gasteiger partial charge in [0.15, 0.2) is 17.5 Å². The second-order valence-electron chi connectivity index (χ2n) is 4.17. The summed E-state index contributed by atoms with van der Waals surface area (Å²) < 4.78 is 16.2. The normalized spacial score (nSPS) is 10.1. The van der Waals surface area contributed by atoms with Crippen LogP contribution in [0.15, 0.2) is 35.3 Å².